The highest BCUT2D eigenvalue weighted by atomic mass is 35.5. The number of benzene rings is 2. The first-order chi connectivity index (χ1) is 13.7. The molecule has 3 N–H and O–H groups in total. The number of carbonyl (C=O) groups is 3. The van der Waals surface area contributed by atoms with Crippen molar-refractivity contribution in [1.29, 1.82) is 0 Å². The third kappa shape index (κ3) is 7.56. The summed E-state index contributed by atoms with van der Waals surface area (Å²) in [6, 6.07) is 12.5. The summed E-state index contributed by atoms with van der Waals surface area (Å²) in [7, 11) is 1.65. The van der Waals surface area contributed by atoms with Crippen molar-refractivity contribution < 1.29 is 14.4 Å². The van der Waals surface area contributed by atoms with Crippen molar-refractivity contribution in [3.63, 3.8) is 0 Å². The molecule has 7 nitrogen and oxygen atoms in total. The zero-order chi connectivity index (χ0) is 21.4. The summed E-state index contributed by atoms with van der Waals surface area (Å²) in [5.74, 6) is -0.905. The number of amides is 3. The fourth-order valence-corrected chi connectivity index (χ4v) is 2.84. The van der Waals surface area contributed by atoms with Gasteiger partial charge in [-0.15, -0.1) is 0 Å². The molecule has 2 aromatic rings. The lowest BCUT2D eigenvalue weighted by Crippen LogP contribution is -2.41. The summed E-state index contributed by atoms with van der Waals surface area (Å²) >= 11 is 5.81. The molecular weight excluding hydrogens is 392 g/mol. The standard InChI is InChI=1S/C21H25ClN4O3/c1-14-5-4-6-15(2)21(14)25-18(27)11-23-19(28)12-26(3)13-20(29)24-17-9-7-16(22)8-10-17/h4-10H,11-13H2,1-3H3,(H,23,28)(H,24,29)(H,25,27). The average molecular weight is 417 g/mol. The molecule has 0 unspecified atom stereocenters. The maximum atomic E-state index is 12.1. The van der Waals surface area contributed by atoms with Gasteiger partial charge in [-0.1, -0.05) is 29.8 Å². The molecule has 0 aliphatic rings. The molecule has 0 heterocycles. The lowest BCUT2D eigenvalue weighted by Gasteiger charge is -2.16. The van der Waals surface area contributed by atoms with E-state index in [0.717, 1.165) is 16.8 Å². The van der Waals surface area contributed by atoms with Gasteiger partial charge in [0.1, 0.15) is 0 Å². The van der Waals surface area contributed by atoms with Gasteiger partial charge in [-0.25, -0.2) is 0 Å². The van der Waals surface area contributed by atoms with Crippen molar-refractivity contribution in [2.24, 2.45) is 0 Å². The summed E-state index contributed by atoms with van der Waals surface area (Å²) in [5.41, 5.74) is 3.29. The zero-order valence-corrected chi connectivity index (χ0v) is 17.5. The van der Waals surface area contributed by atoms with Gasteiger partial charge in [0.15, 0.2) is 0 Å². The van der Waals surface area contributed by atoms with Crippen molar-refractivity contribution in [3.8, 4) is 0 Å². The van der Waals surface area contributed by atoms with Crippen LogP contribution in [0.2, 0.25) is 5.02 Å². The van der Waals surface area contributed by atoms with Crippen LogP contribution in [-0.2, 0) is 14.4 Å². The van der Waals surface area contributed by atoms with Gasteiger partial charge >= 0.3 is 0 Å². The van der Waals surface area contributed by atoms with E-state index in [0.29, 0.717) is 10.7 Å². The third-order valence-corrected chi connectivity index (χ3v) is 4.40. The molecule has 154 valence electrons. The molecule has 0 radical (unpaired) electrons. The number of nitrogens with zero attached hydrogens (tertiary/aromatic N) is 1. The van der Waals surface area contributed by atoms with E-state index in [9.17, 15) is 14.4 Å². The van der Waals surface area contributed by atoms with Crippen LogP contribution in [0, 0.1) is 13.8 Å². The van der Waals surface area contributed by atoms with E-state index < -0.39 is 0 Å². The Hall–Kier alpha value is -2.90. The lowest BCUT2D eigenvalue weighted by atomic mass is 10.1. The maximum absolute atomic E-state index is 12.1. The minimum absolute atomic E-state index is 0.00922. The van der Waals surface area contributed by atoms with E-state index in [2.05, 4.69) is 16.0 Å². The van der Waals surface area contributed by atoms with Crippen LogP contribution >= 0.6 is 11.6 Å². The van der Waals surface area contributed by atoms with Gasteiger partial charge in [0.05, 0.1) is 19.6 Å². The summed E-state index contributed by atoms with van der Waals surface area (Å²) in [4.78, 5) is 37.7. The first-order valence-corrected chi connectivity index (χ1v) is 9.49. The van der Waals surface area contributed by atoms with Gasteiger partial charge in [-0.2, -0.15) is 0 Å². The number of para-hydroxylation sites is 1. The minimum Gasteiger partial charge on any atom is -0.346 e. The number of anilines is 2. The first kappa shape index (κ1) is 22.4. The van der Waals surface area contributed by atoms with E-state index in [1.807, 2.05) is 32.0 Å². The van der Waals surface area contributed by atoms with E-state index in [1.165, 1.54) is 0 Å². The molecule has 0 saturated carbocycles. The highest BCUT2D eigenvalue weighted by molar-refractivity contribution is 6.30. The molecule has 2 aromatic carbocycles. The zero-order valence-electron chi connectivity index (χ0n) is 16.7. The molecule has 0 bridgehead atoms. The summed E-state index contributed by atoms with van der Waals surface area (Å²) in [6.07, 6.45) is 0. The van der Waals surface area contributed by atoms with E-state index in [-0.39, 0.29) is 37.4 Å². The van der Waals surface area contributed by atoms with E-state index in [1.54, 1.807) is 36.2 Å². The molecule has 29 heavy (non-hydrogen) atoms. The molecule has 0 saturated heterocycles. The van der Waals surface area contributed by atoms with Gasteiger partial charge in [-0.3, -0.25) is 19.3 Å². The number of hydrogen-bond acceptors (Lipinski definition) is 4. The molecule has 0 fully saturated rings. The van der Waals surface area contributed by atoms with Gasteiger partial charge < -0.3 is 16.0 Å². The monoisotopic (exact) mass is 416 g/mol. The normalized spacial score (nSPS) is 10.5. The molecule has 8 heteroatoms. The summed E-state index contributed by atoms with van der Waals surface area (Å²) in [5, 5.41) is 8.68. The quantitative estimate of drug-likeness (QED) is 0.617. The smallest absolute Gasteiger partial charge is 0.243 e. The lowest BCUT2D eigenvalue weighted by molar-refractivity contribution is -0.125. The van der Waals surface area contributed by atoms with Crippen LogP contribution in [0.4, 0.5) is 11.4 Å². The first-order valence-electron chi connectivity index (χ1n) is 9.11. The van der Waals surface area contributed by atoms with Gasteiger partial charge in [0.25, 0.3) is 0 Å². The number of halogens is 1. The number of nitrogens with one attached hydrogen (secondary N) is 3. The Balaban J connectivity index is 1.73. The van der Waals surface area contributed by atoms with E-state index >= 15 is 0 Å². The van der Waals surface area contributed by atoms with Crippen molar-refractivity contribution in [3.05, 3.63) is 58.6 Å². The Bertz CT molecular complexity index is 864. The molecule has 0 aliphatic heterocycles. The molecule has 3 amide bonds. The Kier molecular flexibility index (Phi) is 8.18. The van der Waals surface area contributed by atoms with Crippen molar-refractivity contribution in [2.75, 3.05) is 37.3 Å². The third-order valence-electron chi connectivity index (χ3n) is 4.15. The second kappa shape index (κ2) is 10.6. The van der Waals surface area contributed by atoms with Crippen LogP contribution in [0.5, 0.6) is 0 Å². The molecule has 0 aromatic heterocycles. The number of rotatable bonds is 8. The molecule has 2 rings (SSSR count). The second-order valence-electron chi connectivity index (χ2n) is 6.82. The fourth-order valence-electron chi connectivity index (χ4n) is 2.71. The highest BCUT2D eigenvalue weighted by Crippen LogP contribution is 2.19. The summed E-state index contributed by atoms with van der Waals surface area (Å²) < 4.78 is 0. The van der Waals surface area contributed by atoms with Crippen LogP contribution in [-0.4, -0.2) is 49.3 Å². The average Bonchev–Trinajstić information content (AvgIpc) is 2.65. The number of aryl methyl sites for hydroxylation is 2. The SMILES string of the molecule is Cc1cccc(C)c1NC(=O)CNC(=O)CN(C)CC(=O)Nc1ccc(Cl)cc1. The van der Waals surface area contributed by atoms with Crippen LogP contribution in [0.1, 0.15) is 11.1 Å². The van der Waals surface area contributed by atoms with E-state index in [4.69, 9.17) is 11.6 Å². The Labute approximate surface area is 175 Å². The second-order valence-corrected chi connectivity index (χ2v) is 7.26. The van der Waals surface area contributed by atoms with Crippen molar-refractivity contribution in [2.45, 2.75) is 13.8 Å². The fraction of sp³-hybridized carbons (Fsp3) is 0.286. The molecule has 0 atom stereocenters. The molecular formula is C21H25ClN4O3. The largest absolute Gasteiger partial charge is 0.346 e. The number of carbonyl (C=O) groups excluding carboxylic acids is 3. The van der Waals surface area contributed by atoms with Crippen LogP contribution in [0.15, 0.2) is 42.5 Å². The summed E-state index contributed by atoms with van der Waals surface area (Å²) in [6.45, 7) is 3.70. The van der Waals surface area contributed by atoms with Crippen LogP contribution < -0.4 is 16.0 Å². The Morgan fingerprint density at radius 1 is 0.862 bits per heavy atom. The maximum Gasteiger partial charge on any atom is 0.243 e. The topological polar surface area (TPSA) is 90.5 Å². The number of hydrogen-bond donors (Lipinski definition) is 3. The predicted molar refractivity (Wildman–Crippen MR) is 115 cm³/mol. The van der Waals surface area contributed by atoms with Gasteiger partial charge in [0.2, 0.25) is 17.7 Å². The Morgan fingerprint density at radius 2 is 1.45 bits per heavy atom. The highest BCUT2D eigenvalue weighted by Gasteiger charge is 2.13. The van der Waals surface area contributed by atoms with Crippen molar-refractivity contribution in [1.82, 2.24) is 10.2 Å². The minimum atomic E-state index is -0.344. The predicted octanol–water partition coefficient (Wildman–Crippen LogP) is 2.58. The molecule has 0 spiro atoms. The van der Waals surface area contributed by atoms with Crippen LogP contribution in [0.3, 0.4) is 0 Å². The van der Waals surface area contributed by atoms with Gasteiger partial charge in [0, 0.05) is 16.4 Å². The number of likely N-dealkylation sites (N-methyl/N-ethyl adjacent to an activating group) is 1. The van der Waals surface area contributed by atoms with Gasteiger partial charge in [-0.05, 0) is 56.3 Å². The Morgan fingerprint density at radius 3 is 2.07 bits per heavy atom. The van der Waals surface area contributed by atoms with Crippen LogP contribution in [0.25, 0.3) is 0 Å². The molecule has 0 aliphatic carbocycles. The van der Waals surface area contributed by atoms with Crippen molar-refractivity contribution >= 4 is 40.7 Å².